The minimum atomic E-state index is -0.390. The van der Waals surface area contributed by atoms with Crippen molar-refractivity contribution in [3.05, 3.63) is 31.8 Å². The highest BCUT2D eigenvalue weighted by molar-refractivity contribution is 7.20. The molecule has 0 saturated heterocycles. The van der Waals surface area contributed by atoms with Crippen LogP contribution in [0.15, 0.2) is 15.7 Å². The summed E-state index contributed by atoms with van der Waals surface area (Å²) in [7, 11) is 3.02. The van der Waals surface area contributed by atoms with Crippen LogP contribution in [-0.4, -0.2) is 21.6 Å². The SMILES string of the molecule is CC(C)CNC(=O)c1cc2c(=O)n(C)c(=O)n(C)c2s1. The number of fused-ring (bicyclic) bond motifs is 1. The number of aromatic nitrogens is 2. The first-order valence-electron chi connectivity index (χ1n) is 6.30. The summed E-state index contributed by atoms with van der Waals surface area (Å²) >= 11 is 1.16. The normalized spacial score (nSPS) is 11.2. The third-order valence-corrected chi connectivity index (χ3v) is 4.23. The van der Waals surface area contributed by atoms with E-state index in [2.05, 4.69) is 5.32 Å². The lowest BCUT2D eigenvalue weighted by atomic mass is 10.2. The highest BCUT2D eigenvalue weighted by Gasteiger charge is 2.16. The van der Waals surface area contributed by atoms with E-state index in [4.69, 9.17) is 0 Å². The summed E-state index contributed by atoms with van der Waals surface area (Å²) in [5.74, 6) is 0.139. The number of nitrogens with one attached hydrogen (secondary N) is 1. The number of rotatable bonds is 3. The lowest BCUT2D eigenvalue weighted by Gasteiger charge is -2.05. The molecule has 2 rings (SSSR count). The minimum Gasteiger partial charge on any atom is -0.351 e. The van der Waals surface area contributed by atoms with E-state index in [0.29, 0.717) is 27.6 Å². The zero-order valence-corrected chi connectivity index (χ0v) is 12.7. The number of nitrogens with zero attached hydrogens (tertiary/aromatic N) is 2. The molecule has 0 saturated carbocycles. The molecule has 0 radical (unpaired) electrons. The topological polar surface area (TPSA) is 73.1 Å². The average Bonchev–Trinajstić information content (AvgIpc) is 2.85. The number of carbonyl (C=O) groups is 1. The molecule has 0 aliphatic heterocycles. The van der Waals surface area contributed by atoms with Crippen molar-refractivity contribution in [1.29, 1.82) is 0 Å². The molecule has 0 unspecified atom stereocenters. The maximum absolute atomic E-state index is 12.0. The molecule has 108 valence electrons. The van der Waals surface area contributed by atoms with Gasteiger partial charge < -0.3 is 5.32 Å². The van der Waals surface area contributed by atoms with E-state index in [1.807, 2.05) is 13.8 Å². The van der Waals surface area contributed by atoms with Crippen molar-refractivity contribution in [2.45, 2.75) is 13.8 Å². The number of hydrogen-bond acceptors (Lipinski definition) is 4. The van der Waals surface area contributed by atoms with Gasteiger partial charge in [0.2, 0.25) is 0 Å². The minimum absolute atomic E-state index is 0.214. The Morgan fingerprint density at radius 1 is 1.30 bits per heavy atom. The van der Waals surface area contributed by atoms with Gasteiger partial charge in [-0.15, -0.1) is 11.3 Å². The second-order valence-corrected chi connectivity index (χ2v) is 6.17. The van der Waals surface area contributed by atoms with Crippen LogP contribution in [0, 0.1) is 5.92 Å². The molecule has 0 bridgehead atoms. The molecule has 1 N–H and O–H groups in total. The largest absolute Gasteiger partial charge is 0.351 e. The first-order valence-corrected chi connectivity index (χ1v) is 7.12. The van der Waals surface area contributed by atoms with Crippen LogP contribution in [0.5, 0.6) is 0 Å². The van der Waals surface area contributed by atoms with E-state index in [1.54, 1.807) is 13.1 Å². The quantitative estimate of drug-likeness (QED) is 0.905. The van der Waals surface area contributed by atoms with E-state index < -0.39 is 5.69 Å². The Morgan fingerprint density at radius 3 is 2.55 bits per heavy atom. The summed E-state index contributed by atoms with van der Waals surface area (Å²) in [6.07, 6.45) is 0. The number of carbonyl (C=O) groups excluding carboxylic acids is 1. The first kappa shape index (κ1) is 14.5. The number of hydrogen-bond donors (Lipinski definition) is 1. The Kier molecular flexibility index (Phi) is 3.80. The third-order valence-electron chi connectivity index (χ3n) is 3.02. The van der Waals surface area contributed by atoms with Crippen LogP contribution in [0.1, 0.15) is 23.5 Å². The van der Waals surface area contributed by atoms with Crippen molar-refractivity contribution in [2.75, 3.05) is 6.54 Å². The summed E-state index contributed by atoms with van der Waals surface area (Å²) in [5, 5.41) is 3.20. The summed E-state index contributed by atoms with van der Waals surface area (Å²) < 4.78 is 2.44. The molecule has 2 aromatic heterocycles. The zero-order chi connectivity index (χ0) is 15.0. The molecule has 0 aliphatic rings. The van der Waals surface area contributed by atoms with Crippen molar-refractivity contribution < 1.29 is 4.79 Å². The fourth-order valence-corrected chi connectivity index (χ4v) is 2.88. The van der Waals surface area contributed by atoms with Crippen LogP contribution in [0.2, 0.25) is 0 Å². The second-order valence-electron chi connectivity index (χ2n) is 5.14. The highest BCUT2D eigenvalue weighted by Crippen LogP contribution is 2.21. The van der Waals surface area contributed by atoms with E-state index >= 15 is 0 Å². The number of amides is 1. The Hall–Kier alpha value is -1.89. The van der Waals surface area contributed by atoms with Gasteiger partial charge >= 0.3 is 5.69 Å². The molecule has 1 amide bonds. The second kappa shape index (κ2) is 5.24. The van der Waals surface area contributed by atoms with Crippen molar-refractivity contribution >= 4 is 27.5 Å². The standard InChI is InChI=1S/C13H17N3O3S/c1-7(2)6-14-10(17)9-5-8-11(18)15(3)13(19)16(4)12(8)20-9/h5,7H,6H2,1-4H3,(H,14,17). The molecule has 2 heterocycles. The third kappa shape index (κ3) is 2.40. The molecule has 0 aliphatic carbocycles. The molecule has 0 aromatic carbocycles. The first-order chi connectivity index (χ1) is 9.32. The van der Waals surface area contributed by atoms with Crippen LogP contribution < -0.4 is 16.6 Å². The van der Waals surface area contributed by atoms with Crippen LogP contribution in [0.25, 0.3) is 10.2 Å². The summed E-state index contributed by atoms with van der Waals surface area (Å²) in [6.45, 7) is 4.58. The van der Waals surface area contributed by atoms with Gasteiger partial charge in [-0.2, -0.15) is 0 Å². The van der Waals surface area contributed by atoms with E-state index in [1.165, 1.54) is 11.6 Å². The smallest absolute Gasteiger partial charge is 0.331 e. The van der Waals surface area contributed by atoms with Crippen molar-refractivity contribution in [1.82, 2.24) is 14.5 Å². The van der Waals surface area contributed by atoms with Crippen LogP contribution in [0.3, 0.4) is 0 Å². The number of thiophene rings is 1. The molecule has 0 spiro atoms. The van der Waals surface area contributed by atoms with E-state index in [9.17, 15) is 14.4 Å². The summed E-state index contributed by atoms with van der Waals surface area (Å²) in [4.78, 5) is 36.8. The van der Waals surface area contributed by atoms with Crippen LogP contribution in [0.4, 0.5) is 0 Å². The molecule has 0 atom stereocenters. The molecular weight excluding hydrogens is 278 g/mol. The molecule has 7 heteroatoms. The van der Waals surface area contributed by atoms with Crippen LogP contribution in [-0.2, 0) is 14.1 Å². The molecule has 6 nitrogen and oxygen atoms in total. The summed E-state index contributed by atoms with van der Waals surface area (Å²) in [6, 6.07) is 1.55. The van der Waals surface area contributed by atoms with E-state index in [0.717, 1.165) is 15.9 Å². The molecular formula is C13H17N3O3S. The lowest BCUT2D eigenvalue weighted by molar-refractivity contribution is 0.0953. The van der Waals surface area contributed by atoms with Gasteiger partial charge in [0.05, 0.1) is 10.3 Å². The van der Waals surface area contributed by atoms with Gasteiger partial charge in [0.15, 0.2) is 0 Å². The van der Waals surface area contributed by atoms with Crippen molar-refractivity contribution in [3.8, 4) is 0 Å². The van der Waals surface area contributed by atoms with Gasteiger partial charge in [-0.05, 0) is 12.0 Å². The maximum atomic E-state index is 12.0. The molecule has 20 heavy (non-hydrogen) atoms. The van der Waals surface area contributed by atoms with Crippen molar-refractivity contribution in [2.24, 2.45) is 20.0 Å². The van der Waals surface area contributed by atoms with Gasteiger partial charge in [-0.3, -0.25) is 18.7 Å². The molecule has 2 aromatic rings. The van der Waals surface area contributed by atoms with Crippen molar-refractivity contribution in [3.63, 3.8) is 0 Å². The Bertz CT molecular complexity index is 782. The van der Waals surface area contributed by atoms with Gasteiger partial charge in [0.1, 0.15) is 4.83 Å². The Morgan fingerprint density at radius 2 is 1.95 bits per heavy atom. The fourth-order valence-electron chi connectivity index (χ4n) is 1.86. The average molecular weight is 295 g/mol. The van der Waals surface area contributed by atoms with Gasteiger partial charge in [0, 0.05) is 20.6 Å². The molecule has 0 fully saturated rings. The predicted molar refractivity (Wildman–Crippen MR) is 79.5 cm³/mol. The predicted octanol–water partition coefficient (Wildman–Crippen LogP) is 0.685. The highest BCUT2D eigenvalue weighted by atomic mass is 32.1. The fraction of sp³-hybridized carbons (Fsp3) is 0.462. The lowest BCUT2D eigenvalue weighted by Crippen LogP contribution is -2.36. The Balaban J connectivity index is 2.52. The summed E-state index contributed by atoms with van der Waals surface area (Å²) in [5.41, 5.74) is -0.763. The van der Waals surface area contributed by atoms with E-state index in [-0.39, 0.29) is 11.5 Å². The zero-order valence-electron chi connectivity index (χ0n) is 11.9. The van der Waals surface area contributed by atoms with Gasteiger partial charge in [-0.1, -0.05) is 13.8 Å². The maximum Gasteiger partial charge on any atom is 0.331 e. The van der Waals surface area contributed by atoms with Gasteiger partial charge in [-0.25, -0.2) is 4.79 Å². The van der Waals surface area contributed by atoms with Gasteiger partial charge in [0.25, 0.3) is 11.5 Å². The Labute approximate surface area is 119 Å². The van der Waals surface area contributed by atoms with Crippen LogP contribution >= 0.6 is 11.3 Å². The monoisotopic (exact) mass is 295 g/mol. The number of aryl methyl sites for hydroxylation is 1.